The van der Waals surface area contributed by atoms with Gasteiger partial charge in [-0.2, -0.15) is 5.10 Å². The summed E-state index contributed by atoms with van der Waals surface area (Å²) in [5.41, 5.74) is 5.58. The van der Waals surface area contributed by atoms with Crippen LogP contribution in [0.25, 0.3) is 0 Å². The number of amides is 1. The zero-order chi connectivity index (χ0) is 13.8. The van der Waals surface area contributed by atoms with Gasteiger partial charge in [0.1, 0.15) is 5.82 Å². The van der Waals surface area contributed by atoms with Crippen molar-refractivity contribution in [1.29, 1.82) is 0 Å². The van der Waals surface area contributed by atoms with Gasteiger partial charge in [0.2, 0.25) is 5.91 Å². The number of rotatable bonds is 5. The van der Waals surface area contributed by atoms with E-state index in [4.69, 9.17) is 5.73 Å². The first kappa shape index (κ1) is 13.9. The fraction of sp³-hybridized carbons (Fsp3) is 0.692. The van der Waals surface area contributed by atoms with Crippen molar-refractivity contribution >= 4 is 11.7 Å². The Kier molecular flexibility index (Phi) is 4.42. The fourth-order valence-corrected chi connectivity index (χ4v) is 2.61. The van der Waals surface area contributed by atoms with Crippen molar-refractivity contribution in [1.82, 2.24) is 19.6 Å². The SMILES string of the molecule is CN(C)C(=O)C1CCCN1CCCn1ccc(N)n1. The van der Waals surface area contributed by atoms with Gasteiger partial charge in [0.25, 0.3) is 0 Å². The number of hydrogen-bond acceptors (Lipinski definition) is 4. The monoisotopic (exact) mass is 265 g/mol. The average Bonchev–Trinajstić information content (AvgIpc) is 2.97. The molecule has 6 heteroatoms. The smallest absolute Gasteiger partial charge is 0.239 e. The second-order valence-electron chi connectivity index (χ2n) is 5.28. The van der Waals surface area contributed by atoms with Crippen LogP contribution < -0.4 is 5.73 Å². The van der Waals surface area contributed by atoms with E-state index < -0.39 is 0 Å². The summed E-state index contributed by atoms with van der Waals surface area (Å²) in [7, 11) is 3.65. The maximum Gasteiger partial charge on any atom is 0.239 e. The molecule has 0 aromatic carbocycles. The van der Waals surface area contributed by atoms with Crippen molar-refractivity contribution in [3.63, 3.8) is 0 Å². The Balaban J connectivity index is 1.80. The summed E-state index contributed by atoms with van der Waals surface area (Å²) in [5.74, 6) is 0.780. The van der Waals surface area contributed by atoms with E-state index in [0.29, 0.717) is 5.82 Å². The lowest BCUT2D eigenvalue weighted by molar-refractivity contribution is -0.133. The van der Waals surface area contributed by atoms with Crippen LogP contribution in [0.5, 0.6) is 0 Å². The molecule has 1 atom stereocenters. The van der Waals surface area contributed by atoms with E-state index in [1.807, 2.05) is 25.0 Å². The highest BCUT2D eigenvalue weighted by atomic mass is 16.2. The van der Waals surface area contributed by atoms with Crippen LogP contribution in [0.1, 0.15) is 19.3 Å². The Morgan fingerprint density at radius 1 is 1.53 bits per heavy atom. The highest BCUT2D eigenvalue weighted by Gasteiger charge is 2.30. The summed E-state index contributed by atoms with van der Waals surface area (Å²) in [6, 6.07) is 1.87. The summed E-state index contributed by atoms with van der Waals surface area (Å²) in [5, 5.41) is 4.16. The van der Waals surface area contributed by atoms with Gasteiger partial charge in [0.05, 0.1) is 6.04 Å². The fourth-order valence-electron chi connectivity index (χ4n) is 2.61. The largest absolute Gasteiger partial charge is 0.382 e. The van der Waals surface area contributed by atoms with Crippen LogP contribution >= 0.6 is 0 Å². The van der Waals surface area contributed by atoms with Crippen molar-refractivity contribution in [2.45, 2.75) is 31.8 Å². The van der Waals surface area contributed by atoms with Crippen LogP contribution in [-0.2, 0) is 11.3 Å². The molecule has 0 aliphatic carbocycles. The van der Waals surface area contributed by atoms with Crippen molar-refractivity contribution in [2.75, 3.05) is 32.9 Å². The Hall–Kier alpha value is -1.56. The van der Waals surface area contributed by atoms with Crippen LogP contribution in [0.2, 0.25) is 0 Å². The van der Waals surface area contributed by atoms with E-state index in [1.54, 1.807) is 11.0 Å². The molecule has 2 N–H and O–H groups in total. The maximum absolute atomic E-state index is 12.0. The van der Waals surface area contributed by atoms with Gasteiger partial charge in [0.15, 0.2) is 0 Å². The van der Waals surface area contributed by atoms with Crippen LogP contribution in [0.3, 0.4) is 0 Å². The molecule has 0 saturated carbocycles. The Labute approximate surface area is 114 Å². The van der Waals surface area contributed by atoms with Crippen molar-refractivity contribution in [3.8, 4) is 0 Å². The normalized spacial score (nSPS) is 19.8. The second kappa shape index (κ2) is 6.06. The van der Waals surface area contributed by atoms with E-state index in [1.165, 1.54) is 0 Å². The van der Waals surface area contributed by atoms with Gasteiger partial charge in [-0.05, 0) is 31.9 Å². The second-order valence-corrected chi connectivity index (χ2v) is 5.28. The standard InChI is InChI=1S/C13H23N5O/c1-16(2)13(19)11-5-3-7-17(11)8-4-9-18-10-6-12(14)15-18/h6,10-11H,3-5,7-9H2,1-2H3,(H2,14,15). The lowest BCUT2D eigenvalue weighted by Gasteiger charge is -2.25. The number of aryl methyl sites for hydroxylation is 1. The van der Waals surface area contributed by atoms with Crippen LogP contribution in [0, 0.1) is 0 Å². The van der Waals surface area contributed by atoms with Crippen LogP contribution in [0.15, 0.2) is 12.3 Å². The first-order valence-electron chi connectivity index (χ1n) is 6.82. The number of hydrogen-bond donors (Lipinski definition) is 1. The first-order chi connectivity index (χ1) is 9.08. The molecule has 0 radical (unpaired) electrons. The van der Waals surface area contributed by atoms with Gasteiger partial charge >= 0.3 is 0 Å². The average molecular weight is 265 g/mol. The predicted molar refractivity (Wildman–Crippen MR) is 74.5 cm³/mol. The molecule has 1 aliphatic rings. The third-order valence-electron chi connectivity index (χ3n) is 3.58. The Morgan fingerprint density at radius 2 is 2.32 bits per heavy atom. The molecule has 6 nitrogen and oxygen atoms in total. The van der Waals surface area contributed by atoms with Crippen molar-refractivity contribution in [2.24, 2.45) is 0 Å². The highest BCUT2D eigenvalue weighted by molar-refractivity contribution is 5.81. The van der Waals surface area contributed by atoms with Crippen LogP contribution in [-0.4, -0.2) is 58.7 Å². The Bertz CT molecular complexity index is 428. The number of aromatic nitrogens is 2. The molecule has 106 valence electrons. The molecule has 1 aromatic heterocycles. The molecule has 19 heavy (non-hydrogen) atoms. The van der Waals surface area contributed by atoms with Crippen molar-refractivity contribution in [3.05, 3.63) is 12.3 Å². The zero-order valence-corrected chi connectivity index (χ0v) is 11.7. The van der Waals surface area contributed by atoms with Gasteiger partial charge in [0, 0.05) is 33.4 Å². The third-order valence-corrected chi connectivity index (χ3v) is 3.58. The van der Waals surface area contributed by atoms with Gasteiger partial charge in [-0.3, -0.25) is 14.4 Å². The number of carbonyl (C=O) groups is 1. The van der Waals surface area contributed by atoms with E-state index in [-0.39, 0.29) is 11.9 Å². The number of likely N-dealkylation sites (N-methyl/N-ethyl adjacent to an activating group) is 1. The summed E-state index contributed by atoms with van der Waals surface area (Å²) < 4.78 is 1.86. The zero-order valence-electron chi connectivity index (χ0n) is 11.7. The number of nitrogens with zero attached hydrogens (tertiary/aromatic N) is 4. The minimum absolute atomic E-state index is 0.0673. The topological polar surface area (TPSA) is 67.4 Å². The van der Waals surface area contributed by atoms with Gasteiger partial charge in [-0.1, -0.05) is 0 Å². The molecular formula is C13H23N5O. The van der Waals surface area contributed by atoms with Gasteiger partial charge in [-0.15, -0.1) is 0 Å². The number of carbonyl (C=O) groups excluding carboxylic acids is 1. The quantitative estimate of drug-likeness (QED) is 0.837. The molecule has 1 aliphatic heterocycles. The lowest BCUT2D eigenvalue weighted by Crippen LogP contribution is -2.43. The lowest BCUT2D eigenvalue weighted by atomic mass is 10.2. The molecule has 0 bridgehead atoms. The summed E-state index contributed by atoms with van der Waals surface area (Å²) in [6.07, 6.45) is 4.96. The third kappa shape index (κ3) is 3.47. The molecule has 1 unspecified atom stereocenters. The van der Waals surface area contributed by atoms with Gasteiger partial charge in [-0.25, -0.2) is 0 Å². The minimum atomic E-state index is 0.0673. The maximum atomic E-state index is 12.0. The molecule has 0 spiro atoms. The molecule has 1 saturated heterocycles. The minimum Gasteiger partial charge on any atom is -0.382 e. The number of nitrogen functional groups attached to an aromatic ring is 1. The summed E-state index contributed by atoms with van der Waals surface area (Å²) in [6.45, 7) is 2.80. The number of nitrogens with two attached hydrogens (primary N) is 1. The van der Waals surface area contributed by atoms with Gasteiger partial charge < -0.3 is 10.6 Å². The van der Waals surface area contributed by atoms with Crippen LogP contribution in [0.4, 0.5) is 5.82 Å². The molecule has 1 amide bonds. The Morgan fingerprint density at radius 3 is 2.95 bits per heavy atom. The number of likely N-dealkylation sites (tertiary alicyclic amines) is 1. The molecular weight excluding hydrogens is 242 g/mol. The van der Waals surface area contributed by atoms with E-state index in [2.05, 4.69) is 10.00 Å². The summed E-state index contributed by atoms with van der Waals surface area (Å²) >= 11 is 0. The molecule has 2 heterocycles. The molecule has 1 aromatic rings. The number of anilines is 1. The summed E-state index contributed by atoms with van der Waals surface area (Å²) in [4.78, 5) is 16.0. The first-order valence-corrected chi connectivity index (χ1v) is 6.82. The van der Waals surface area contributed by atoms with Crippen molar-refractivity contribution < 1.29 is 4.79 Å². The van der Waals surface area contributed by atoms with E-state index in [9.17, 15) is 4.79 Å². The van der Waals surface area contributed by atoms with E-state index >= 15 is 0 Å². The predicted octanol–water partition coefficient (Wildman–Crippen LogP) is 0.408. The van der Waals surface area contributed by atoms with E-state index in [0.717, 1.165) is 38.9 Å². The highest BCUT2D eigenvalue weighted by Crippen LogP contribution is 2.19. The molecule has 1 fully saturated rings. The molecule has 2 rings (SSSR count).